The summed E-state index contributed by atoms with van der Waals surface area (Å²) in [5, 5.41) is 0. The summed E-state index contributed by atoms with van der Waals surface area (Å²) in [6.45, 7) is 4.21. The van der Waals surface area contributed by atoms with Crippen LogP contribution in [0.1, 0.15) is 65.2 Å². The molecular formula is C15H24BNO. The molecule has 1 unspecified atom stereocenters. The van der Waals surface area contributed by atoms with Gasteiger partial charge in [0.15, 0.2) is 0 Å². The highest BCUT2D eigenvalue weighted by molar-refractivity contribution is 6.11. The van der Waals surface area contributed by atoms with Crippen LogP contribution in [-0.2, 0) is 4.79 Å². The molecule has 1 atom stereocenters. The Morgan fingerprint density at radius 1 is 1.22 bits per heavy atom. The van der Waals surface area contributed by atoms with Crippen molar-refractivity contribution < 1.29 is 4.79 Å². The van der Waals surface area contributed by atoms with E-state index in [1.54, 1.807) is 0 Å². The van der Waals surface area contributed by atoms with Gasteiger partial charge < -0.3 is 4.90 Å². The van der Waals surface area contributed by atoms with Crippen LogP contribution in [0.3, 0.4) is 0 Å². The molecule has 1 heterocycles. The zero-order valence-electron chi connectivity index (χ0n) is 11.7. The number of rotatable bonds is 1. The Morgan fingerprint density at radius 2 is 1.94 bits per heavy atom. The van der Waals surface area contributed by atoms with Crippen LogP contribution in [0.25, 0.3) is 0 Å². The van der Waals surface area contributed by atoms with Gasteiger partial charge in [-0.2, -0.15) is 0 Å². The smallest absolute Gasteiger partial charge is 0.231 e. The summed E-state index contributed by atoms with van der Waals surface area (Å²) in [5.41, 5.74) is 2.62. The third-order valence-electron chi connectivity index (χ3n) is 4.10. The second-order valence-corrected chi connectivity index (χ2v) is 6.00. The first-order valence-electron chi connectivity index (χ1n) is 7.38. The van der Waals surface area contributed by atoms with Crippen LogP contribution >= 0.6 is 0 Å². The summed E-state index contributed by atoms with van der Waals surface area (Å²) >= 11 is 0. The summed E-state index contributed by atoms with van der Waals surface area (Å²) in [6.07, 6.45) is 8.70. The fourth-order valence-corrected chi connectivity index (χ4v) is 3.25. The van der Waals surface area contributed by atoms with Gasteiger partial charge in [-0.05, 0) is 38.7 Å². The number of carbonyl (C=O) groups is 1. The zero-order valence-corrected chi connectivity index (χ0v) is 11.7. The van der Waals surface area contributed by atoms with Gasteiger partial charge in [-0.3, -0.25) is 4.79 Å². The van der Waals surface area contributed by atoms with E-state index >= 15 is 0 Å². The standard InChI is InChI=1S/C15H24BNO/c1-11(2)17-14-8-6-4-3-5-7-13(16)9-12(14)10-15(17)18/h11,13H,3-10H2,1-2H3. The summed E-state index contributed by atoms with van der Waals surface area (Å²) in [5.74, 6) is 0.523. The quantitative estimate of drug-likeness (QED) is 0.646. The van der Waals surface area contributed by atoms with Gasteiger partial charge in [-0.25, -0.2) is 0 Å². The van der Waals surface area contributed by atoms with Gasteiger partial charge >= 0.3 is 0 Å². The summed E-state index contributed by atoms with van der Waals surface area (Å²) in [4.78, 5) is 14.1. The molecule has 0 aromatic carbocycles. The molecule has 1 aliphatic heterocycles. The van der Waals surface area contributed by atoms with Crippen molar-refractivity contribution in [2.75, 3.05) is 0 Å². The Kier molecular flexibility index (Phi) is 4.52. The van der Waals surface area contributed by atoms with Crippen LogP contribution in [0, 0.1) is 0 Å². The molecule has 98 valence electrons. The lowest BCUT2D eigenvalue weighted by molar-refractivity contribution is -0.128. The minimum Gasteiger partial charge on any atom is -0.313 e. The number of hydrogen-bond acceptors (Lipinski definition) is 1. The maximum atomic E-state index is 12.1. The summed E-state index contributed by atoms with van der Waals surface area (Å²) < 4.78 is 0. The number of hydrogen-bond donors (Lipinski definition) is 0. The molecule has 2 nitrogen and oxygen atoms in total. The van der Waals surface area contributed by atoms with Gasteiger partial charge in [0.05, 0.1) is 14.3 Å². The zero-order chi connectivity index (χ0) is 13.1. The molecular weight excluding hydrogens is 221 g/mol. The van der Waals surface area contributed by atoms with Crippen LogP contribution in [0.4, 0.5) is 0 Å². The van der Waals surface area contributed by atoms with Crippen LogP contribution < -0.4 is 0 Å². The molecule has 0 N–H and O–H groups in total. The molecule has 0 fully saturated rings. The molecule has 18 heavy (non-hydrogen) atoms. The van der Waals surface area contributed by atoms with E-state index in [1.807, 2.05) is 4.90 Å². The van der Waals surface area contributed by atoms with E-state index in [0.29, 0.717) is 6.42 Å². The maximum absolute atomic E-state index is 12.1. The van der Waals surface area contributed by atoms with Crippen LogP contribution in [0.15, 0.2) is 11.3 Å². The van der Waals surface area contributed by atoms with E-state index in [1.165, 1.54) is 37.0 Å². The molecule has 3 heteroatoms. The van der Waals surface area contributed by atoms with E-state index < -0.39 is 0 Å². The van der Waals surface area contributed by atoms with E-state index in [0.717, 1.165) is 19.3 Å². The van der Waals surface area contributed by atoms with E-state index in [4.69, 9.17) is 7.85 Å². The fourth-order valence-electron chi connectivity index (χ4n) is 3.25. The molecule has 2 rings (SSSR count). The fraction of sp³-hybridized carbons (Fsp3) is 0.800. The van der Waals surface area contributed by atoms with Gasteiger partial charge in [0.2, 0.25) is 5.91 Å². The van der Waals surface area contributed by atoms with Crippen LogP contribution in [-0.4, -0.2) is 24.7 Å². The number of amides is 1. The molecule has 0 spiro atoms. The van der Waals surface area contributed by atoms with Crippen molar-refractivity contribution in [3.63, 3.8) is 0 Å². The monoisotopic (exact) mass is 245 g/mol. The van der Waals surface area contributed by atoms with Gasteiger partial charge in [0.25, 0.3) is 0 Å². The molecule has 0 aromatic heterocycles. The molecule has 1 aliphatic carbocycles. The van der Waals surface area contributed by atoms with Crippen LogP contribution in [0.2, 0.25) is 5.82 Å². The average Bonchev–Trinajstić information content (AvgIpc) is 2.60. The predicted molar refractivity (Wildman–Crippen MR) is 75.4 cm³/mol. The topological polar surface area (TPSA) is 20.3 Å². The Hall–Kier alpha value is -0.725. The molecule has 2 aliphatic rings. The third-order valence-corrected chi connectivity index (χ3v) is 4.10. The van der Waals surface area contributed by atoms with Crippen molar-refractivity contribution >= 4 is 13.8 Å². The second kappa shape index (κ2) is 5.94. The first kappa shape index (κ1) is 13.7. The van der Waals surface area contributed by atoms with E-state index in [9.17, 15) is 4.79 Å². The summed E-state index contributed by atoms with van der Waals surface area (Å²) in [6, 6.07) is 0.282. The molecule has 0 aromatic rings. The van der Waals surface area contributed by atoms with Crippen molar-refractivity contribution in [1.29, 1.82) is 0 Å². The number of carbonyl (C=O) groups excluding carboxylic acids is 1. The van der Waals surface area contributed by atoms with Gasteiger partial charge in [0.1, 0.15) is 0 Å². The molecule has 0 saturated heterocycles. The number of allylic oxidation sites excluding steroid dienone is 1. The lowest BCUT2D eigenvalue weighted by Gasteiger charge is -2.26. The largest absolute Gasteiger partial charge is 0.313 e. The molecule has 1 amide bonds. The minimum atomic E-state index is 0.244. The Balaban J connectivity index is 2.20. The van der Waals surface area contributed by atoms with Crippen LogP contribution in [0.5, 0.6) is 0 Å². The normalized spacial score (nSPS) is 26.7. The Labute approximate surface area is 112 Å². The number of nitrogens with zero attached hydrogens (tertiary/aromatic N) is 1. The third kappa shape index (κ3) is 2.99. The second-order valence-electron chi connectivity index (χ2n) is 6.00. The van der Waals surface area contributed by atoms with Crippen molar-refractivity contribution in [2.24, 2.45) is 0 Å². The Bertz CT molecular complexity index is 348. The maximum Gasteiger partial charge on any atom is 0.231 e. The highest BCUT2D eigenvalue weighted by Gasteiger charge is 2.31. The highest BCUT2D eigenvalue weighted by atomic mass is 16.2. The SMILES string of the molecule is [B]C1CCCCCCC2=C(CC(=O)N2C(C)C)C1. The molecule has 2 radical (unpaired) electrons. The highest BCUT2D eigenvalue weighted by Crippen LogP contribution is 2.36. The van der Waals surface area contributed by atoms with Gasteiger partial charge in [-0.15, -0.1) is 0 Å². The van der Waals surface area contributed by atoms with Gasteiger partial charge in [0, 0.05) is 11.7 Å². The Morgan fingerprint density at radius 3 is 2.67 bits per heavy atom. The van der Waals surface area contributed by atoms with E-state index in [2.05, 4.69) is 13.8 Å². The van der Waals surface area contributed by atoms with E-state index in [-0.39, 0.29) is 17.8 Å². The average molecular weight is 245 g/mol. The van der Waals surface area contributed by atoms with Crippen molar-refractivity contribution in [3.05, 3.63) is 11.3 Å². The lowest BCUT2D eigenvalue weighted by atomic mass is 9.77. The predicted octanol–water partition coefficient (Wildman–Crippen LogP) is 3.58. The molecule has 0 saturated carbocycles. The van der Waals surface area contributed by atoms with Crippen molar-refractivity contribution in [3.8, 4) is 0 Å². The minimum absolute atomic E-state index is 0.244. The summed E-state index contributed by atoms with van der Waals surface area (Å²) in [7, 11) is 6.18. The first-order chi connectivity index (χ1) is 8.59. The van der Waals surface area contributed by atoms with Gasteiger partial charge in [-0.1, -0.05) is 31.5 Å². The molecule has 0 bridgehead atoms. The van der Waals surface area contributed by atoms with Crippen molar-refractivity contribution in [1.82, 2.24) is 4.90 Å². The van der Waals surface area contributed by atoms with Crippen molar-refractivity contribution in [2.45, 2.75) is 77.1 Å². The lowest BCUT2D eigenvalue weighted by Crippen LogP contribution is -2.32. The first-order valence-corrected chi connectivity index (χ1v) is 7.38.